The Labute approximate surface area is 57.0 Å². The van der Waals surface area contributed by atoms with Crippen molar-refractivity contribution in [1.82, 2.24) is 4.90 Å². The predicted molar refractivity (Wildman–Crippen MR) is 39.3 cm³/mol. The van der Waals surface area contributed by atoms with E-state index in [0.717, 1.165) is 6.54 Å². The first kappa shape index (κ1) is 7.03. The maximum atomic E-state index is 5.80. The van der Waals surface area contributed by atoms with Crippen LogP contribution in [0.2, 0.25) is 0 Å². The topological polar surface area (TPSA) is 29.3 Å². The van der Waals surface area contributed by atoms with Crippen LogP contribution in [0.25, 0.3) is 0 Å². The van der Waals surface area contributed by atoms with Gasteiger partial charge >= 0.3 is 0 Å². The summed E-state index contributed by atoms with van der Waals surface area (Å²) in [5.41, 5.74) is 5.80. The lowest BCUT2D eigenvalue weighted by atomic mass is 10.0. The number of hydrogen-bond acceptors (Lipinski definition) is 2. The lowest BCUT2D eigenvalue weighted by Crippen LogP contribution is -2.50. The van der Waals surface area contributed by atoms with E-state index in [9.17, 15) is 0 Å². The molecular formula is C7H16N2. The molecular weight excluding hydrogens is 112 g/mol. The molecule has 0 spiro atoms. The van der Waals surface area contributed by atoms with Gasteiger partial charge in [0.2, 0.25) is 0 Å². The van der Waals surface area contributed by atoms with Crippen LogP contribution in [0.1, 0.15) is 20.3 Å². The van der Waals surface area contributed by atoms with E-state index in [0.29, 0.717) is 0 Å². The first-order valence-electron chi connectivity index (χ1n) is 3.59. The van der Waals surface area contributed by atoms with Crippen LogP contribution in [0, 0.1) is 0 Å². The van der Waals surface area contributed by atoms with Crippen molar-refractivity contribution in [2.24, 2.45) is 5.73 Å². The summed E-state index contributed by atoms with van der Waals surface area (Å²) >= 11 is 0. The Morgan fingerprint density at radius 1 is 1.44 bits per heavy atom. The zero-order valence-electron chi connectivity index (χ0n) is 6.35. The fourth-order valence-electron chi connectivity index (χ4n) is 1.12. The maximum absolute atomic E-state index is 5.80. The molecule has 0 atom stereocenters. The van der Waals surface area contributed by atoms with E-state index in [1.54, 1.807) is 0 Å². The van der Waals surface area contributed by atoms with Crippen molar-refractivity contribution in [3.05, 3.63) is 0 Å². The summed E-state index contributed by atoms with van der Waals surface area (Å²) in [5, 5.41) is 0. The highest BCUT2D eigenvalue weighted by Crippen LogP contribution is 2.09. The van der Waals surface area contributed by atoms with E-state index >= 15 is 0 Å². The van der Waals surface area contributed by atoms with E-state index in [-0.39, 0.29) is 5.54 Å². The van der Waals surface area contributed by atoms with Crippen molar-refractivity contribution in [3.63, 3.8) is 0 Å². The van der Waals surface area contributed by atoms with Crippen molar-refractivity contribution in [1.29, 1.82) is 0 Å². The van der Waals surface area contributed by atoms with Gasteiger partial charge in [0.05, 0.1) is 0 Å². The van der Waals surface area contributed by atoms with Crippen LogP contribution in [0.4, 0.5) is 0 Å². The van der Waals surface area contributed by atoms with E-state index < -0.39 is 0 Å². The average molecular weight is 128 g/mol. The van der Waals surface area contributed by atoms with Crippen LogP contribution in [-0.4, -0.2) is 30.1 Å². The Kier molecular flexibility index (Phi) is 1.78. The molecule has 1 aliphatic rings. The van der Waals surface area contributed by atoms with Gasteiger partial charge in [-0.15, -0.1) is 0 Å². The SMILES string of the molecule is CC(C)(N)CN1CCC1. The molecule has 0 bridgehead atoms. The second-order valence-corrected chi connectivity index (χ2v) is 3.62. The molecule has 1 aliphatic heterocycles. The monoisotopic (exact) mass is 128 g/mol. The summed E-state index contributed by atoms with van der Waals surface area (Å²) in [6, 6.07) is 0. The minimum absolute atomic E-state index is 0.000417. The van der Waals surface area contributed by atoms with Crippen LogP contribution in [-0.2, 0) is 0 Å². The van der Waals surface area contributed by atoms with Crippen LogP contribution in [0.15, 0.2) is 0 Å². The summed E-state index contributed by atoms with van der Waals surface area (Å²) in [5.74, 6) is 0. The van der Waals surface area contributed by atoms with Gasteiger partial charge in [-0.3, -0.25) is 0 Å². The maximum Gasteiger partial charge on any atom is 0.0226 e. The Bertz CT molecular complexity index is 89.6. The lowest BCUT2D eigenvalue weighted by molar-refractivity contribution is 0.149. The molecule has 0 radical (unpaired) electrons. The zero-order valence-corrected chi connectivity index (χ0v) is 6.35. The van der Waals surface area contributed by atoms with Gasteiger partial charge in [0.25, 0.3) is 0 Å². The molecule has 1 fully saturated rings. The average Bonchev–Trinajstić information content (AvgIpc) is 1.53. The number of nitrogens with two attached hydrogens (primary N) is 1. The van der Waals surface area contributed by atoms with Gasteiger partial charge in [0, 0.05) is 12.1 Å². The molecule has 0 unspecified atom stereocenters. The summed E-state index contributed by atoms with van der Waals surface area (Å²) in [4.78, 5) is 2.39. The third kappa shape index (κ3) is 2.33. The molecule has 0 saturated carbocycles. The predicted octanol–water partition coefficient (Wildman–Crippen LogP) is 0.429. The van der Waals surface area contributed by atoms with Gasteiger partial charge in [0.15, 0.2) is 0 Å². The highest BCUT2D eigenvalue weighted by molar-refractivity contribution is 4.80. The Balaban J connectivity index is 2.16. The van der Waals surface area contributed by atoms with E-state index in [2.05, 4.69) is 18.7 Å². The molecule has 0 amide bonds. The minimum atomic E-state index is 0.000417. The number of nitrogens with zero attached hydrogens (tertiary/aromatic N) is 1. The van der Waals surface area contributed by atoms with Crippen LogP contribution in [0.5, 0.6) is 0 Å². The van der Waals surface area contributed by atoms with Crippen molar-refractivity contribution in [2.45, 2.75) is 25.8 Å². The first-order chi connectivity index (χ1) is 4.08. The highest BCUT2D eigenvalue weighted by atomic mass is 15.2. The summed E-state index contributed by atoms with van der Waals surface area (Å²) in [6.45, 7) is 7.70. The Hall–Kier alpha value is -0.0800. The number of hydrogen-bond donors (Lipinski definition) is 1. The van der Waals surface area contributed by atoms with Gasteiger partial charge in [-0.2, -0.15) is 0 Å². The second kappa shape index (κ2) is 2.27. The largest absolute Gasteiger partial charge is 0.324 e. The molecule has 9 heavy (non-hydrogen) atoms. The van der Waals surface area contributed by atoms with Gasteiger partial charge in [-0.05, 0) is 33.4 Å². The highest BCUT2D eigenvalue weighted by Gasteiger charge is 2.20. The van der Waals surface area contributed by atoms with Crippen molar-refractivity contribution in [3.8, 4) is 0 Å². The molecule has 0 aromatic heterocycles. The molecule has 0 aromatic carbocycles. The van der Waals surface area contributed by atoms with Gasteiger partial charge < -0.3 is 10.6 Å². The fraction of sp³-hybridized carbons (Fsp3) is 1.00. The molecule has 0 aliphatic carbocycles. The molecule has 2 heteroatoms. The standard InChI is InChI=1S/C7H16N2/c1-7(2,8)6-9-4-3-5-9/h3-6,8H2,1-2H3. The van der Waals surface area contributed by atoms with Crippen molar-refractivity contribution >= 4 is 0 Å². The molecule has 2 nitrogen and oxygen atoms in total. The molecule has 54 valence electrons. The van der Waals surface area contributed by atoms with Crippen LogP contribution < -0.4 is 5.73 Å². The molecule has 1 rings (SSSR count). The van der Waals surface area contributed by atoms with Crippen LogP contribution in [0.3, 0.4) is 0 Å². The second-order valence-electron chi connectivity index (χ2n) is 3.62. The van der Waals surface area contributed by atoms with E-state index in [1.807, 2.05) is 0 Å². The van der Waals surface area contributed by atoms with Crippen molar-refractivity contribution in [2.75, 3.05) is 19.6 Å². The first-order valence-corrected chi connectivity index (χ1v) is 3.59. The summed E-state index contributed by atoms with van der Waals surface area (Å²) in [6.07, 6.45) is 1.36. The lowest BCUT2D eigenvalue weighted by Gasteiger charge is -2.35. The third-order valence-corrected chi connectivity index (χ3v) is 1.58. The Morgan fingerprint density at radius 2 is 2.00 bits per heavy atom. The molecule has 0 aromatic rings. The van der Waals surface area contributed by atoms with Crippen molar-refractivity contribution < 1.29 is 0 Å². The molecule has 1 heterocycles. The normalized spacial score (nSPS) is 21.7. The summed E-state index contributed by atoms with van der Waals surface area (Å²) < 4.78 is 0. The van der Waals surface area contributed by atoms with Gasteiger partial charge in [0.1, 0.15) is 0 Å². The van der Waals surface area contributed by atoms with E-state index in [4.69, 9.17) is 5.73 Å². The third-order valence-electron chi connectivity index (χ3n) is 1.58. The molecule has 2 N–H and O–H groups in total. The quantitative estimate of drug-likeness (QED) is 0.584. The Morgan fingerprint density at radius 3 is 2.11 bits per heavy atom. The van der Waals surface area contributed by atoms with Gasteiger partial charge in [-0.1, -0.05) is 0 Å². The number of rotatable bonds is 2. The zero-order chi connectivity index (χ0) is 6.91. The van der Waals surface area contributed by atoms with E-state index in [1.165, 1.54) is 19.5 Å². The smallest absolute Gasteiger partial charge is 0.0226 e. The van der Waals surface area contributed by atoms with Crippen LogP contribution >= 0.6 is 0 Å². The summed E-state index contributed by atoms with van der Waals surface area (Å²) in [7, 11) is 0. The minimum Gasteiger partial charge on any atom is -0.324 e. The number of likely N-dealkylation sites (tertiary alicyclic amines) is 1. The van der Waals surface area contributed by atoms with Gasteiger partial charge in [-0.25, -0.2) is 0 Å². The molecule has 1 saturated heterocycles. The fourth-order valence-corrected chi connectivity index (χ4v) is 1.12.